The number of nitrogens with zero attached hydrogens (tertiary/aromatic N) is 4. The first kappa shape index (κ1) is 12.2. The highest BCUT2D eigenvalue weighted by Gasteiger charge is 2.33. The van der Waals surface area contributed by atoms with Gasteiger partial charge in [0.2, 0.25) is 0 Å². The molecule has 0 saturated carbocycles. The third-order valence-corrected chi connectivity index (χ3v) is 4.14. The number of fused-ring (bicyclic) bond motifs is 1. The molecular weight excluding hydrogens is 264 g/mol. The van der Waals surface area contributed by atoms with Crippen LogP contribution in [0.25, 0.3) is 0 Å². The van der Waals surface area contributed by atoms with Crippen molar-refractivity contribution in [2.24, 2.45) is 7.05 Å². The van der Waals surface area contributed by atoms with Crippen molar-refractivity contribution in [3.05, 3.63) is 30.1 Å². The third kappa shape index (κ3) is 1.91. The van der Waals surface area contributed by atoms with Gasteiger partial charge in [-0.2, -0.15) is 5.10 Å². The van der Waals surface area contributed by atoms with E-state index < -0.39 is 6.10 Å². The van der Waals surface area contributed by atoms with Crippen LogP contribution in [0.15, 0.2) is 34.6 Å². The summed E-state index contributed by atoms with van der Waals surface area (Å²) in [5.41, 5.74) is 1.39. The molecule has 1 aliphatic rings. The summed E-state index contributed by atoms with van der Waals surface area (Å²) in [5, 5.41) is 14.6. The Balaban J connectivity index is 1.95. The first-order chi connectivity index (χ1) is 9.08. The molecule has 6 nitrogen and oxygen atoms in total. The fourth-order valence-corrected chi connectivity index (χ4v) is 2.82. The molecule has 98 valence electrons. The Labute approximate surface area is 114 Å². The number of amides is 1. The van der Waals surface area contributed by atoms with Crippen molar-refractivity contribution in [1.29, 1.82) is 0 Å². The number of likely N-dealkylation sites (N-methyl/N-ethyl adjacent to an activating group) is 1. The lowest BCUT2D eigenvalue weighted by atomic mass is 10.1. The van der Waals surface area contributed by atoms with Crippen LogP contribution in [0.2, 0.25) is 0 Å². The van der Waals surface area contributed by atoms with E-state index in [-0.39, 0.29) is 5.91 Å². The van der Waals surface area contributed by atoms with E-state index in [9.17, 15) is 9.90 Å². The summed E-state index contributed by atoms with van der Waals surface area (Å²) in [4.78, 5) is 18.2. The number of aliphatic hydroxyl groups excluding tert-OH is 1. The van der Waals surface area contributed by atoms with Crippen LogP contribution >= 0.6 is 11.8 Å². The molecule has 2 aromatic rings. The molecule has 0 saturated heterocycles. The van der Waals surface area contributed by atoms with E-state index in [0.29, 0.717) is 5.56 Å². The largest absolute Gasteiger partial charge is 0.378 e. The summed E-state index contributed by atoms with van der Waals surface area (Å²) < 4.78 is 1.68. The van der Waals surface area contributed by atoms with Crippen LogP contribution in [0.4, 0.5) is 5.69 Å². The highest BCUT2D eigenvalue weighted by Crippen LogP contribution is 2.38. The van der Waals surface area contributed by atoms with Gasteiger partial charge in [0.25, 0.3) is 5.91 Å². The van der Waals surface area contributed by atoms with Crippen molar-refractivity contribution in [3.8, 4) is 0 Å². The number of anilines is 1. The lowest BCUT2D eigenvalue weighted by Gasteiger charge is -2.10. The molecule has 1 N–H and O–H groups in total. The summed E-state index contributed by atoms with van der Waals surface area (Å²) >= 11 is 1.46. The van der Waals surface area contributed by atoms with Crippen LogP contribution in [0.1, 0.15) is 11.7 Å². The first-order valence-electron chi connectivity index (χ1n) is 5.69. The maximum atomic E-state index is 11.7. The van der Waals surface area contributed by atoms with Crippen molar-refractivity contribution >= 4 is 23.4 Å². The summed E-state index contributed by atoms with van der Waals surface area (Å²) in [5.74, 6) is -0.296. The van der Waals surface area contributed by atoms with Gasteiger partial charge in [0.05, 0.1) is 5.69 Å². The van der Waals surface area contributed by atoms with E-state index in [1.807, 2.05) is 19.2 Å². The summed E-state index contributed by atoms with van der Waals surface area (Å²) in [6, 6.07) is 5.52. The third-order valence-electron chi connectivity index (χ3n) is 3.10. The van der Waals surface area contributed by atoms with E-state index in [1.165, 1.54) is 23.0 Å². The average Bonchev–Trinajstić information content (AvgIpc) is 2.89. The summed E-state index contributed by atoms with van der Waals surface area (Å²) in [6.45, 7) is 0. The zero-order chi connectivity index (χ0) is 13.6. The minimum Gasteiger partial charge on any atom is -0.378 e. The van der Waals surface area contributed by atoms with Gasteiger partial charge < -0.3 is 10.0 Å². The molecule has 3 rings (SSSR count). The number of hydrogen-bond acceptors (Lipinski definition) is 5. The minimum absolute atomic E-state index is 0.296. The number of hydrogen-bond donors (Lipinski definition) is 1. The van der Waals surface area contributed by atoms with Gasteiger partial charge in [-0.3, -0.25) is 4.79 Å². The van der Waals surface area contributed by atoms with E-state index in [4.69, 9.17) is 0 Å². The first-order valence-corrected chi connectivity index (χ1v) is 6.51. The molecule has 7 heteroatoms. The van der Waals surface area contributed by atoms with Crippen molar-refractivity contribution in [3.63, 3.8) is 0 Å². The molecule has 0 aliphatic carbocycles. The van der Waals surface area contributed by atoms with Crippen LogP contribution < -0.4 is 4.90 Å². The second-order valence-electron chi connectivity index (χ2n) is 4.29. The number of aliphatic hydroxyl groups is 1. The quantitative estimate of drug-likeness (QED) is 0.885. The van der Waals surface area contributed by atoms with Crippen LogP contribution in [-0.4, -0.2) is 32.8 Å². The second-order valence-corrected chi connectivity index (χ2v) is 5.33. The second kappa shape index (κ2) is 4.36. The van der Waals surface area contributed by atoms with Crippen molar-refractivity contribution < 1.29 is 9.90 Å². The lowest BCUT2D eigenvalue weighted by molar-refractivity contribution is -0.125. The monoisotopic (exact) mass is 276 g/mol. The number of rotatable bonds is 2. The highest BCUT2D eigenvalue weighted by atomic mass is 32.2. The van der Waals surface area contributed by atoms with Gasteiger partial charge in [-0.1, -0.05) is 17.8 Å². The van der Waals surface area contributed by atoms with E-state index in [2.05, 4.69) is 10.1 Å². The Morgan fingerprint density at radius 3 is 2.84 bits per heavy atom. The SMILES string of the molecule is CN1C(=O)C(O)c2ccc(Sc3ncnn3C)cc21. The topological polar surface area (TPSA) is 71.2 Å². The molecule has 1 aromatic carbocycles. The van der Waals surface area contributed by atoms with Gasteiger partial charge in [0.15, 0.2) is 11.3 Å². The number of aryl methyl sites for hydroxylation is 1. The maximum Gasteiger partial charge on any atom is 0.260 e. The van der Waals surface area contributed by atoms with Crippen molar-refractivity contribution in [2.45, 2.75) is 16.2 Å². The molecule has 2 heterocycles. The molecule has 1 aromatic heterocycles. The van der Waals surface area contributed by atoms with Crippen LogP contribution in [0.5, 0.6) is 0 Å². The summed E-state index contributed by atoms with van der Waals surface area (Å²) in [6.07, 6.45) is 0.448. The minimum atomic E-state index is -1.05. The molecule has 1 amide bonds. The number of carbonyl (C=O) groups excluding carboxylic acids is 1. The van der Waals surface area contributed by atoms with Crippen molar-refractivity contribution in [2.75, 3.05) is 11.9 Å². The molecule has 1 atom stereocenters. The summed E-state index contributed by atoms with van der Waals surface area (Å²) in [7, 11) is 3.48. The van der Waals surface area contributed by atoms with Gasteiger partial charge >= 0.3 is 0 Å². The Kier molecular flexibility index (Phi) is 2.79. The van der Waals surface area contributed by atoms with Gasteiger partial charge in [-0.25, -0.2) is 9.67 Å². The molecule has 19 heavy (non-hydrogen) atoms. The smallest absolute Gasteiger partial charge is 0.260 e. The van der Waals surface area contributed by atoms with Gasteiger partial charge in [0, 0.05) is 24.6 Å². The number of carbonyl (C=O) groups is 1. The zero-order valence-electron chi connectivity index (χ0n) is 10.4. The van der Waals surface area contributed by atoms with E-state index >= 15 is 0 Å². The molecule has 1 unspecified atom stereocenters. The van der Waals surface area contributed by atoms with Crippen molar-refractivity contribution in [1.82, 2.24) is 14.8 Å². The maximum absolute atomic E-state index is 11.7. The highest BCUT2D eigenvalue weighted by molar-refractivity contribution is 7.99. The van der Waals surface area contributed by atoms with Gasteiger partial charge in [-0.15, -0.1) is 0 Å². The Hall–Kier alpha value is -1.86. The molecular formula is C12H12N4O2S. The zero-order valence-corrected chi connectivity index (χ0v) is 11.3. The lowest BCUT2D eigenvalue weighted by Crippen LogP contribution is -2.23. The molecule has 1 aliphatic heterocycles. The standard InChI is InChI=1S/C12H12N4O2S/c1-15-9-5-7(19-12-13-6-14-16(12)2)3-4-8(9)10(17)11(15)18/h3-6,10,17H,1-2H3. The number of aromatic nitrogens is 3. The number of benzene rings is 1. The average molecular weight is 276 g/mol. The molecule has 0 spiro atoms. The Morgan fingerprint density at radius 2 is 2.16 bits per heavy atom. The van der Waals surface area contributed by atoms with E-state index in [1.54, 1.807) is 17.8 Å². The van der Waals surface area contributed by atoms with Gasteiger partial charge in [-0.05, 0) is 12.1 Å². The fourth-order valence-electron chi connectivity index (χ4n) is 2.03. The Morgan fingerprint density at radius 1 is 1.37 bits per heavy atom. The molecule has 0 radical (unpaired) electrons. The normalized spacial score (nSPS) is 17.9. The van der Waals surface area contributed by atoms with Gasteiger partial charge in [0.1, 0.15) is 6.33 Å². The predicted molar refractivity (Wildman–Crippen MR) is 69.9 cm³/mol. The fraction of sp³-hybridized carbons (Fsp3) is 0.250. The van der Waals surface area contributed by atoms with Crippen LogP contribution in [0.3, 0.4) is 0 Å². The predicted octanol–water partition coefficient (Wildman–Crippen LogP) is 0.976. The van der Waals surface area contributed by atoms with Crippen LogP contribution in [0, 0.1) is 0 Å². The molecule has 0 fully saturated rings. The Bertz CT molecular complexity index is 655. The van der Waals surface area contributed by atoms with E-state index in [0.717, 1.165) is 15.7 Å². The molecule has 0 bridgehead atoms. The van der Waals surface area contributed by atoms with Crippen LogP contribution in [-0.2, 0) is 11.8 Å².